The second kappa shape index (κ2) is 12.0. The van der Waals surface area contributed by atoms with Crippen molar-refractivity contribution in [3.8, 4) is 28.1 Å². The Morgan fingerprint density at radius 2 is 1.80 bits per heavy atom. The normalized spacial score (nSPS) is 12.8. The molecule has 3 heterocycles. The molecule has 0 radical (unpaired) electrons. The van der Waals surface area contributed by atoms with E-state index in [-0.39, 0.29) is 6.09 Å². The predicted molar refractivity (Wildman–Crippen MR) is 175 cm³/mol. The lowest BCUT2D eigenvalue weighted by atomic mass is 9.92. The lowest BCUT2D eigenvalue weighted by Crippen LogP contribution is -2.37. The number of fused-ring (bicyclic) bond motifs is 6. The van der Waals surface area contributed by atoms with Gasteiger partial charge in [0.2, 0.25) is 0 Å². The summed E-state index contributed by atoms with van der Waals surface area (Å²) in [5.74, 6) is 2.57. The molecule has 1 aliphatic heterocycles. The van der Waals surface area contributed by atoms with Crippen molar-refractivity contribution in [2.45, 2.75) is 72.8 Å². The van der Waals surface area contributed by atoms with E-state index in [9.17, 15) is 4.79 Å². The van der Waals surface area contributed by atoms with E-state index in [4.69, 9.17) is 14.5 Å². The van der Waals surface area contributed by atoms with Gasteiger partial charge in [-0.3, -0.25) is 4.90 Å². The highest BCUT2D eigenvalue weighted by atomic mass is 16.6. The minimum absolute atomic E-state index is 0.331. The Balaban J connectivity index is 1.25. The van der Waals surface area contributed by atoms with E-state index in [1.807, 2.05) is 33.9 Å². The van der Waals surface area contributed by atoms with Crippen molar-refractivity contribution in [3.05, 3.63) is 65.9 Å². The quantitative estimate of drug-likeness (QED) is 0.182. The van der Waals surface area contributed by atoms with Crippen molar-refractivity contribution >= 4 is 27.9 Å². The molecule has 0 spiro atoms. The molecule has 1 aliphatic rings. The number of benzene rings is 3. The number of H-pyrrole nitrogens is 2. The molecule has 0 bridgehead atoms. The third-order valence-corrected chi connectivity index (χ3v) is 7.85. The van der Waals surface area contributed by atoms with E-state index >= 15 is 0 Å². The zero-order valence-electron chi connectivity index (χ0n) is 26.6. The lowest BCUT2D eigenvalue weighted by molar-refractivity contribution is 0.0229. The van der Waals surface area contributed by atoms with Gasteiger partial charge in [-0.25, -0.2) is 14.8 Å². The van der Waals surface area contributed by atoms with Crippen LogP contribution in [0.15, 0.2) is 48.7 Å². The van der Waals surface area contributed by atoms with E-state index in [0.29, 0.717) is 19.7 Å². The fourth-order valence-corrected chi connectivity index (χ4v) is 5.90. The monoisotopic (exact) mass is 594 g/mol. The van der Waals surface area contributed by atoms with Crippen molar-refractivity contribution in [1.29, 1.82) is 0 Å². The van der Waals surface area contributed by atoms with Crippen LogP contribution in [0.4, 0.5) is 4.79 Å². The van der Waals surface area contributed by atoms with Crippen LogP contribution in [0.25, 0.3) is 44.2 Å². The Bertz CT molecular complexity index is 1810. The van der Waals surface area contributed by atoms with Gasteiger partial charge >= 0.3 is 6.09 Å². The topological polar surface area (TPSA) is 99.4 Å². The Labute approximate surface area is 258 Å². The van der Waals surface area contributed by atoms with Crippen molar-refractivity contribution < 1.29 is 14.3 Å². The van der Waals surface area contributed by atoms with Crippen LogP contribution >= 0.6 is 0 Å². The Morgan fingerprint density at radius 1 is 0.977 bits per heavy atom. The first-order valence-corrected chi connectivity index (χ1v) is 15.5. The number of ether oxygens (including phenoxy) is 2. The summed E-state index contributed by atoms with van der Waals surface area (Å²) in [4.78, 5) is 33.2. The van der Waals surface area contributed by atoms with E-state index in [0.717, 1.165) is 87.5 Å². The van der Waals surface area contributed by atoms with Crippen LogP contribution in [0.1, 0.15) is 64.7 Å². The molecule has 6 rings (SSSR count). The minimum Gasteiger partial charge on any atom is -0.488 e. The second-order valence-corrected chi connectivity index (χ2v) is 12.8. The molecule has 0 saturated heterocycles. The highest BCUT2D eigenvalue weighted by Crippen LogP contribution is 2.42. The molecule has 9 nitrogen and oxygen atoms in total. The average Bonchev–Trinajstić information content (AvgIpc) is 3.62. The standard InChI is InChI=1S/C35H42N6O3/c1-7-13-40(6)19-32-37-28-12-10-22-16-27-25-11-9-23(15-24(25)21-43-30(27)17-26(22)33(28)39-32)29-18-36-31(38-29)20-41(14-8-2)34(42)44-35(3,4)5/h9-12,15-18H,7-8,13-14,19-21H2,1-6H3,(H,36,38)(H,37,39). The van der Waals surface area contributed by atoms with Crippen LogP contribution in [0, 0.1) is 0 Å². The van der Waals surface area contributed by atoms with Gasteiger partial charge in [-0.2, -0.15) is 0 Å². The van der Waals surface area contributed by atoms with Gasteiger partial charge in [0, 0.05) is 17.5 Å². The van der Waals surface area contributed by atoms with E-state index in [1.165, 1.54) is 5.56 Å². The van der Waals surface area contributed by atoms with E-state index in [1.54, 1.807) is 4.90 Å². The van der Waals surface area contributed by atoms with Crippen LogP contribution in [0.3, 0.4) is 0 Å². The third kappa shape index (κ3) is 6.15. The SMILES string of the molecule is CCCN(C)Cc1nc2c(ccc3cc4c(cc32)OCc2cc(-c3cnc(CN(CCC)C(=O)OC(C)(C)C)[nH]3)ccc2-4)[nH]1. The number of hydrogen-bond donors (Lipinski definition) is 2. The fourth-order valence-electron chi connectivity index (χ4n) is 5.90. The number of amides is 1. The maximum atomic E-state index is 12.7. The molecule has 1 amide bonds. The zero-order valence-corrected chi connectivity index (χ0v) is 26.6. The number of hydrogen-bond acceptors (Lipinski definition) is 6. The summed E-state index contributed by atoms with van der Waals surface area (Å²) in [6.45, 7) is 13.1. The number of nitrogens with one attached hydrogen (secondary N) is 2. The summed E-state index contributed by atoms with van der Waals surface area (Å²) in [6.07, 6.45) is 3.44. The number of carbonyl (C=O) groups is 1. The molecular weight excluding hydrogens is 552 g/mol. The zero-order chi connectivity index (χ0) is 31.0. The van der Waals surface area contributed by atoms with Gasteiger partial charge in [-0.1, -0.05) is 32.0 Å². The van der Waals surface area contributed by atoms with E-state index < -0.39 is 5.60 Å². The largest absolute Gasteiger partial charge is 0.488 e. The van der Waals surface area contributed by atoms with Crippen molar-refractivity contribution in [3.63, 3.8) is 0 Å². The van der Waals surface area contributed by atoms with Gasteiger partial charge in [0.1, 0.15) is 29.6 Å². The first-order chi connectivity index (χ1) is 21.1. The third-order valence-electron chi connectivity index (χ3n) is 7.85. The van der Waals surface area contributed by atoms with Crippen LogP contribution in [-0.4, -0.2) is 61.6 Å². The summed E-state index contributed by atoms with van der Waals surface area (Å²) in [7, 11) is 2.13. The number of nitrogens with zero attached hydrogens (tertiary/aromatic N) is 4. The molecule has 0 fully saturated rings. The number of aromatic nitrogens is 4. The number of carbonyl (C=O) groups excluding carboxylic acids is 1. The molecule has 0 aliphatic carbocycles. The number of rotatable bonds is 9. The molecule has 2 aromatic heterocycles. The molecule has 5 aromatic rings. The highest BCUT2D eigenvalue weighted by Gasteiger charge is 2.24. The van der Waals surface area contributed by atoms with Gasteiger partial charge in [0.15, 0.2) is 0 Å². The van der Waals surface area contributed by atoms with Gasteiger partial charge in [0.05, 0.1) is 36.0 Å². The van der Waals surface area contributed by atoms with E-state index in [2.05, 4.69) is 76.3 Å². The summed E-state index contributed by atoms with van der Waals surface area (Å²) in [6, 6.07) is 15.1. The van der Waals surface area contributed by atoms with Gasteiger partial charge in [-0.05, 0) is 93.5 Å². The fraction of sp³-hybridized carbons (Fsp3) is 0.400. The first-order valence-electron chi connectivity index (χ1n) is 15.5. The van der Waals surface area contributed by atoms with Crippen molar-refractivity contribution in [2.24, 2.45) is 0 Å². The summed E-state index contributed by atoms with van der Waals surface area (Å²) in [5, 5.41) is 2.23. The maximum absolute atomic E-state index is 12.7. The second-order valence-electron chi connectivity index (χ2n) is 12.8. The minimum atomic E-state index is -0.548. The molecule has 0 unspecified atom stereocenters. The molecule has 9 heteroatoms. The van der Waals surface area contributed by atoms with Crippen molar-refractivity contribution in [2.75, 3.05) is 20.1 Å². The van der Waals surface area contributed by atoms with Crippen LogP contribution in [0.5, 0.6) is 5.75 Å². The smallest absolute Gasteiger partial charge is 0.410 e. The molecule has 230 valence electrons. The Hall–Kier alpha value is -4.37. The maximum Gasteiger partial charge on any atom is 0.410 e. The van der Waals surface area contributed by atoms with Crippen molar-refractivity contribution in [1.82, 2.24) is 29.7 Å². The summed E-state index contributed by atoms with van der Waals surface area (Å²) < 4.78 is 11.9. The lowest BCUT2D eigenvalue weighted by Gasteiger charge is -2.26. The van der Waals surface area contributed by atoms with Crippen LogP contribution in [-0.2, 0) is 24.4 Å². The highest BCUT2D eigenvalue weighted by molar-refractivity contribution is 6.07. The molecular formula is C35H42N6O3. The van der Waals surface area contributed by atoms with Crippen LogP contribution < -0.4 is 4.74 Å². The molecule has 44 heavy (non-hydrogen) atoms. The van der Waals surface area contributed by atoms with Gasteiger partial charge in [-0.15, -0.1) is 0 Å². The molecule has 0 atom stereocenters. The van der Waals surface area contributed by atoms with Crippen LogP contribution in [0.2, 0.25) is 0 Å². The number of aromatic amines is 2. The molecule has 2 N–H and O–H groups in total. The predicted octanol–water partition coefficient (Wildman–Crippen LogP) is 7.65. The molecule has 3 aromatic carbocycles. The Kier molecular flexibility index (Phi) is 8.07. The Morgan fingerprint density at radius 3 is 2.57 bits per heavy atom. The summed E-state index contributed by atoms with van der Waals surface area (Å²) in [5.41, 5.74) is 6.76. The molecule has 0 saturated carbocycles. The first kappa shape index (κ1) is 29.7. The summed E-state index contributed by atoms with van der Waals surface area (Å²) >= 11 is 0. The van der Waals surface area contributed by atoms with Gasteiger partial charge in [0.25, 0.3) is 0 Å². The average molecular weight is 595 g/mol. The van der Waals surface area contributed by atoms with Gasteiger partial charge < -0.3 is 24.3 Å². The number of imidazole rings is 2.